The topological polar surface area (TPSA) is 63.6 Å². The molecule has 0 radical (unpaired) electrons. The molecule has 2 heterocycles. The Morgan fingerprint density at radius 1 is 1.44 bits per heavy atom. The zero-order chi connectivity index (χ0) is 11.4. The molecule has 0 fully saturated rings. The van der Waals surface area contributed by atoms with Crippen molar-refractivity contribution < 1.29 is 4.39 Å². The van der Waals surface area contributed by atoms with Crippen LogP contribution in [0, 0.1) is 5.82 Å². The quantitative estimate of drug-likeness (QED) is 0.826. The Balaban J connectivity index is 2.08. The summed E-state index contributed by atoms with van der Waals surface area (Å²) in [5.74, 6) is -0.515. The summed E-state index contributed by atoms with van der Waals surface area (Å²) >= 11 is 5.54. The van der Waals surface area contributed by atoms with Gasteiger partial charge in [-0.25, -0.2) is 9.37 Å². The summed E-state index contributed by atoms with van der Waals surface area (Å²) in [5.41, 5.74) is 0.677. The second-order valence-corrected chi connectivity index (χ2v) is 3.24. The highest BCUT2D eigenvalue weighted by Crippen LogP contribution is 2.12. The second-order valence-electron chi connectivity index (χ2n) is 2.90. The van der Waals surface area contributed by atoms with Crippen molar-refractivity contribution >= 4 is 17.4 Å². The summed E-state index contributed by atoms with van der Waals surface area (Å²) in [4.78, 5) is 7.21. The fourth-order valence-corrected chi connectivity index (χ4v) is 1.20. The normalized spacial score (nSPS) is 10.1. The fraction of sp³-hybridized carbons (Fsp3) is 0.111. The molecule has 0 unspecified atom stereocenters. The highest BCUT2D eigenvalue weighted by atomic mass is 35.5. The Labute approximate surface area is 95.7 Å². The van der Waals surface area contributed by atoms with Gasteiger partial charge in [0.05, 0.1) is 18.4 Å². The number of halogens is 2. The molecule has 0 aliphatic rings. The molecular weight excluding hydrogens is 233 g/mol. The maximum absolute atomic E-state index is 13.2. The van der Waals surface area contributed by atoms with Crippen LogP contribution in [-0.2, 0) is 6.54 Å². The van der Waals surface area contributed by atoms with Crippen LogP contribution in [0.1, 0.15) is 5.69 Å². The van der Waals surface area contributed by atoms with E-state index in [1.54, 1.807) is 18.3 Å². The maximum Gasteiger partial charge on any atom is 0.224 e. The fourth-order valence-electron chi connectivity index (χ4n) is 1.07. The van der Waals surface area contributed by atoms with E-state index < -0.39 is 5.82 Å². The molecule has 1 N–H and O–H groups in total. The molecule has 16 heavy (non-hydrogen) atoms. The lowest BCUT2D eigenvalue weighted by atomic mass is 10.4. The minimum atomic E-state index is -0.562. The summed E-state index contributed by atoms with van der Waals surface area (Å²) in [7, 11) is 0. The zero-order valence-electron chi connectivity index (χ0n) is 8.06. The summed E-state index contributed by atoms with van der Waals surface area (Å²) in [5, 5.41) is 10.3. The molecule has 5 nitrogen and oxygen atoms in total. The van der Waals surface area contributed by atoms with Gasteiger partial charge in [-0.15, -0.1) is 0 Å². The molecule has 0 bridgehead atoms. The van der Waals surface area contributed by atoms with E-state index in [0.29, 0.717) is 12.2 Å². The smallest absolute Gasteiger partial charge is 0.224 e. The van der Waals surface area contributed by atoms with E-state index in [1.807, 2.05) is 0 Å². The Morgan fingerprint density at radius 3 is 3.06 bits per heavy atom. The molecule has 0 spiro atoms. The van der Waals surface area contributed by atoms with Crippen molar-refractivity contribution in [2.45, 2.75) is 6.54 Å². The van der Waals surface area contributed by atoms with Gasteiger partial charge in [-0.3, -0.25) is 0 Å². The van der Waals surface area contributed by atoms with Crippen molar-refractivity contribution in [2.24, 2.45) is 0 Å². The first-order valence-corrected chi connectivity index (χ1v) is 4.82. The van der Waals surface area contributed by atoms with Crippen LogP contribution in [0.3, 0.4) is 0 Å². The summed E-state index contributed by atoms with van der Waals surface area (Å²) in [6.07, 6.45) is 2.57. The van der Waals surface area contributed by atoms with Crippen molar-refractivity contribution in [1.82, 2.24) is 20.2 Å². The number of rotatable bonds is 3. The molecule has 2 aromatic rings. The molecule has 2 rings (SSSR count). The number of anilines is 1. The molecular formula is C9H7ClFN5. The highest BCUT2D eigenvalue weighted by molar-refractivity contribution is 6.28. The molecule has 2 aromatic heterocycles. The van der Waals surface area contributed by atoms with Crippen molar-refractivity contribution in [3.63, 3.8) is 0 Å². The van der Waals surface area contributed by atoms with E-state index in [9.17, 15) is 4.39 Å². The molecule has 0 saturated carbocycles. The molecule has 7 heteroatoms. The lowest BCUT2D eigenvalue weighted by Gasteiger charge is -2.04. The first-order valence-electron chi connectivity index (χ1n) is 4.44. The Hall–Kier alpha value is -1.82. The average molecular weight is 240 g/mol. The van der Waals surface area contributed by atoms with E-state index >= 15 is 0 Å². The molecule has 0 saturated heterocycles. The first kappa shape index (κ1) is 10.7. The lowest BCUT2D eigenvalue weighted by Crippen LogP contribution is -2.06. The van der Waals surface area contributed by atoms with Gasteiger partial charge in [-0.2, -0.15) is 15.2 Å². The van der Waals surface area contributed by atoms with Gasteiger partial charge in [0.2, 0.25) is 5.28 Å². The molecule has 0 amide bonds. The van der Waals surface area contributed by atoms with E-state index in [4.69, 9.17) is 11.6 Å². The van der Waals surface area contributed by atoms with E-state index in [2.05, 4.69) is 25.5 Å². The van der Waals surface area contributed by atoms with Crippen molar-refractivity contribution in [3.05, 3.63) is 41.3 Å². The number of nitrogens with zero attached hydrogens (tertiary/aromatic N) is 4. The van der Waals surface area contributed by atoms with Crippen molar-refractivity contribution in [2.75, 3.05) is 5.32 Å². The number of nitrogens with one attached hydrogen (secondary N) is 1. The minimum absolute atomic E-state index is 0.0111. The lowest BCUT2D eigenvalue weighted by molar-refractivity contribution is 0.616. The minimum Gasteiger partial charge on any atom is -0.362 e. The van der Waals surface area contributed by atoms with Gasteiger partial charge in [-0.1, -0.05) is 0 Å². The standard InChI is InChI=1S/C9H7ClFN5/c10-9-13-5-7(11)8(15-9)12-4-6-2-1-3-14-16-6/h1-3,5H,4H2,(H,12,13,15). The third kappa shape index (κ3) is 2.60. The third-order valence-corrected chi connectivity index (χ3v) is 1.96. The van der Waals surface area contributed by atoms with Crippen LogP contribution in [0.5, 0.6) is 0 Å². The Kier molecular flexibility index (Phi) is 3.21. The van der Waals surface area contributed by atoms with Gasteiger partial charge in [-0.05, 0) is 23.7 Å². The molecule has 0 aliphatic heterocycles. The number of hydrogen-bond donors (Lipinski definition) is 1. The predicted octanol–water partition coefficient (Wildman–Crippen LogP) is 1.67. The number of aromatic nitrogens is 4. The van der Waals surface area contributed by atoms with Crippen LogP contribution >= 0.6 is 11.6 Å². The summed E-state index contributed by atoms with van der Waals surface area (Å²) in [6, 6.07) is 3.51. The maximum atomic E-state index is 13.2. The van der Waals surface area contributed by atoms with Crippen LogP contribution in [0.4, 0.5) is 10.2 Å². The Morgan fingerprint density at radius 2 is 2.31 bits per heavy atom. The molecule has 82 valence electrons. The van der Waals surface area contributed by atoms with Crippen molar-refractivity contribution in [3.8, 4) is 0 Å². The van der Waals surface area contributed by atoms with Gasteiger partial charge < -0.3 is 5.32 Å². The summed E-state index contributed by atoms with van der Waals surface area (Å²) in [6.45, 7) is 0.318. The summed E-state index contributed by atoms with van der Waals surface area (Å²) < 4.78 is 13.2. The largest absolute Gasteiger partial charge is 0.362 e. The third-order valence-electron chi connectivity index (χ3n) is 1.78. The zero-order valence-corrected chi connectivity index (χ0v) is 8.82. The van der Waals surface area contributed by atoms with Gasteiger partial charge in [0.25, 0.3) is 0 Å². The van der Waals surface area contributed by atoms with Crippen LogP contribution < -0.4 is 5.32 Å². The van der Waals surface area contributed by atoms with Gasteiger partial charge in [0.1, 0.15) is 0 Å². The van der Waals surface area contributed by atoms with Gasteiger partial charge in [0, 0.05) is 6.20 Å². The SMILES string of the molecule is Fc1cnc(Cl)nc1NCc1cccnn1. The van der Waals surface area contributed by atoms with Crippen LogP contribution in [0.15, 0.2) is 24.5 Å². The average Bonchev–Trinajstić information content (AvgIpc) is 2.32. The van der Waals surface area contributed by atoms with E-state index in [0.717, 1.165) is 6.20 Å². The van der Waals surface area contributed by atoms with Crippen LogP contribution in [-0.4, -0.2) is 20.2 Å². The monoisotopic (exact) mass is 239 g/mol. The Bertz CT molecular complexity index is 479. The van der Waals surface area contributed by atoms with Gasteiger partial charge in [0.15, 0.2) is 11.6 Å². The first-order chi connectivity index (χ1) is 7.75. The predicted molar refractivity (Wildman–Crippen MR) is 56.4 cm³/mol. The molecule has 0 aromatic carbocycles. The highest BCUT2D eigenvalue weighted by Gasteiger charge is 2.05. The van der Waals surface area contributed by atoms with Crippen LogP contribution in [0.25, 0.3) is 0 Å². The van der Waals surface area contributed by atoms with E-state index in [1.165, 1.54) is 0 Å². The van der Waals surface area contributed by atoms with E-state index in [-0.39, 0.29) is 11.1 Å². The van der Waals surface area contributed by atoms with Gasteiger partial charge >= 0.3 is 0 Å². The molecule has 0 atom stereocenters. The number of hydrogen-bond acceptors (Lipinski definition) is 5. The van der Waals surface area contributed by atoms with Crippen molar-refractivity contribution in [1.29, 1.82) is 0 Å². The van der Waals surface area contributed by atoms with Crippen LogP contribution in [0.2, 0.25) is 5.28 Å². The second kappa shape index (κ2) is 4.80. The molecule has 0 aliphatic carbocycles.